The van der Waals surface area contributed by atoms with Crippen molar-refractivity contribution in [3.8, 4) is 0 Å². The van der Waals surface area contributed by atoms with E-state index in [0.717, 1.165) is 19.6 Å². The summed E-state index contributed by atoms with van der Waals surface area (Å²) in [4.78, 5) is 0. The van der Waals surface area contributed by atoms with Crippen molar-refractivity contribution in [1.29, 1.82) is 0 Å². The van der Waals surface area contributed by atoms with Crippen molar-refractivity contribution in [1.82, 2.24) is 15.1 Å². The fourth-order valence-electron chi connectivity index (χ4n) is 2.26. The fourth-order valence-corrected chi connectivity index (χ4v) is 2.26. The van der Waals surface area contributed by atoms with Gasteiger partial charge >= 0.3 is 0 Å². The van der Waals surface area contributed by atoms with E-state index in [2.05, 4.69) is 24.3 Å². The minimum absolute atomic E-state index is 0.348. The van der Waals surface area contributed by atoms with Gasteiger partial charge < -0.3 is 10.1 Å². The summed E-state index contributed by atoms with van der Waals surface area (Å²) in [6.07, 6.45) is 4.33. The van der Waals surface area contributed by atoms with Gasteiger partial charge in [0.2, 0.25) is 0 Å². The molecule has 2 heterocycles. The summed E-state index contributed by atoms with van der Waals surface area (Å²) in [7, 11) is 1.98. The molecule has 0 bridgehead atoms. The lowest BCUT2D eigenvalue weighted by Gasteiger charge is -2.26. The molecule has 0 radical (unpaired) electrons. The highest BCUT2D eigenvalue weighted by molar-refractivity contribution is 5.19. The van der Waals surface area contributed by atoms with Gasteiger partial charge in [0.25, 0.3) is 0 Å². The average Bonchev–Trinajstić information content (AvgIpc) is 2.61. The third-order valence-corrected chi connectivity index (χ3v) is 3.39. The first-order valence-corrected chi connectivity index (χ1v) is 6.00. The minimum Gasteiger partial charge on any atom is -0.380 e. The van der Waals surface area contributed by atoms with Crippen LogP contribution >= 0.6 is 0 Å². The molecule has 0 saturated carbocycles. The molecule has 1 fully saturated rings. The van der Waals surface area contributed by atoms with Crippen molar-refractivity contribution in [2.24, 2.45) is 7.05 Å². The summed E-state index contributed by atoms with van der Waals surface area (Å²) in [5.74, 6) is 0. The van der Waals surface area contributed by atoms with E-state index in [4.69, 9.17) is 4.74 Å². The van der Waals surface area contributed by atoms with Gasteiger partial charge in [-0.2, -0.15) is 5.10 Å². The molecule has 1 aliphatic heterocycles. The van der Waals surface area contributed by atoms with E-state index in [1.165, 1.54) is 17.7 Å². The van der Waals surface area contributed by atoms with E-state index in [9.17, 15) is 0 Å². The molecule has 2 atom stereocenters. The molecule has 1 N–H and O–H groups in total. The standard InChI is InChI=1S/C12H21N3O/c1-9(12-7-13-15(3)10(12)2)14-11-5-4-6-16-8-11/h7,9,11,14H,4-6,8H2,1-3H3. The fraction of sp³-hybridized carbons (Fsp3) is 0.750. The normalized spacial score (nSPS) is 23.3. The van der Waals surface area contributed by atoms with Crippen molar-refractivity contribution in [2.75, 3.05) is 13.2 Å². The van der Waals surface area contributed by atoms with Gasteiger partial charge in [-0.15, -0.1) is 0 Å². The van der Waals surface area contributed by atoms with E-state index < -0.39 is 0 Å². The van der Waals surface area contributed by atoms with E-state index in [0.29, 0.717) is 12.1 Å². The molecule has 0 spiro atoms. The van der Waals surface area contributed by atoms with Crippen LogP contribution in [-0.4, -0.2) is 29.0 Å². The van der Waals surface area contributed by atoms with Crippen LogP contribution in [0, 0.1) is 6.92 Å². The van der Waals surface area contributed by atoms with Crippen molar-refractivity contribution in [2.45, 2.75) is 38.8 Å². The molecule has 1 aromatic heterocycles. The van der Waals surface area contributed by atoms with Crippen LogP contribution in [-0.2, 0) is 11.8 Å². The molecule has 2 unspecified atom stereocenters. The first kappa shape index (κ1) is 11.6. The molecule has 4 nitrogen and oxygen atoms in total. The van der Waals surface area contributed by atoms with Crippen molar-refractivity contribution in [3.05, 3.63) is 17.5 Å². The number of rotatable bonds is 3. The number of ether oxygens (including phenoxy) is 1. The first-order chi connectivity index (χ1) is 7.68. The first-order valence-electron chi connectivity index (χ1n) is 6.00. The second kappa shape index (κ2) is 4.97. The Bertz CT molecular complexity index is 342. The second-order valence-corrected chi connectivity index (χ2v) is 4.61. The molecule has 0 amide bonds. The largest absolute Gasteiger partial charge is 0.380 e. The quantitative estimate of drug-likeness (QED) is 0.845. The highest BCUT2D eigenvalue weighted by Crippen LogP contribution is 2.18. The van der Waals surface area contributed by atoms with E-state index in [1.807, 2.05) is 17.9 Å². The molecule has 16 heavy (non-hydrogen) atoms. The molecule has 1 saturated heterocycles. The van der Waals surface area contributed by atoms with Crippen LogP contribution in [0.3, 0.4) is 0 Å². The molecule has 1 aromatic rings. The topological polar surface area (TPSA) is 39.1 Å². The maximum absolute atomic E-state index is 5.47. The maximum atomic E-state index is 5.47. The molecule has 4 heteroatoms. The Labute approximate surface area is 97.0 Å². The Balaban J connectivity index is 1.96. The Hall–Kier alpha value is -0.870. The zero-order valence-corrected chi connectivity index (χ0v) is 10.4. The average molecular weight is 223 g/mol. The summed E-state index contributed by atoms with van der Waals surface area (Å²) in [5.41, 5.74) is 2.52. The summed E-state index contributed by atoms with van der Waals surface area (Å²) in [6, 6.07) is 0.837. The van der Waals surface area contributed by atoms with Gasteiger partial charge in [-0.05, 0) is 26.7 Å². The summed E-state index contributed by atoms with van der Waals surface area (Å²) in [6.45, 7) is 6.05. The van der Waals surface area contributed by atoms with Gasteiger partial charge in [0.1, 0.15) is 0 Å². The Kier molecular flexibility index (Phi) is 3.61. The van der Waals surface area contributed by atoms with Crippen LogP contribution in [0.1, 0.15) is 37.1 Å². The van der Waals surface area contributed by atoms with Crippen LogP contribution in [0.5, 0.6) is 0 Å². The lowest BCUT2D eigenvalue weighted by atomic mass is 10.1. The van der Waals surface area contributed by atoms with E-state index in [-0.39, 0.29) is 0 Å². The van der Waals surface area contributed by atoms with E-state index >= 15 is 0 Å². The predicted octanol–water partition coefficient (Wildman–Crippen LogP) is 1.56. The summed E-state index contributed by atoms with van der Waals surface area (Å²) >= 11 is 0. The molecular formula is C12H21N3O. The summed E-state index contributed by atoms with van der Waals surface area (Å²) in [5, 5.41) is 7.89. The summed E-state index contributed by atoms with van der Waals surface area (Å²) < 4.78 is 7.39. The molecule has 0 aliphatic carbocycles. The van der Waals surface area contributed by atoms with Crippen molar-refractivity contribution >= 4 is 0 Å². The molecular weight excluding hydrogens is 202 g/mol. The highest BCUT2D eigenvalue weighted by Gasteiger charge is 2.18. The molecule has 1 aliphatic rings. The van der Waals surface area contributed by atoms with Gasteiger partial charge in [-0.3, -0.25) is 4.68 Å². The third kappa shape index (κ3) is 2.44. The predicted molar refractivity (Wildman–Crippen MR) is 63.3 cm³/mol. The SMILES string of the molecule is Cc1c(C(C)NC2CCCOC2)cnn1C. The number of aromatic nitrogens is 2. The lowest BCUT2D eigenvalue weighted by molar-refractivity contribution is 0.0670. The number of hydrogen-bond donors (Lipinski definition) is 1. The molecule has 90 valence electrons. The Morgan fingerprint density at radius 1 is 1.62 bits per heavy atom. The van der Waals surface area contributed by atoms with Gasteiger partial charge in [0.05, 0.1) is 12.8 Å². The van der Waals surface area contributed by atoms with E-state index in [1.54, 1.807) is 0 Å². The zero-order valence-electron chi connectivity index (χ0n) is 10.4. The maximum Gasteiger partial charge on any atom is 0.0619 e. The molecule has 0 aromatic carbocycles. The number of nitrogens with zero attached hydrogens (tertiary/aromatic N) is 2. The second-order valence-electron chi connectivity index (χ2n) is 4.61. The minimum atomic E-state index is 0.348. The number of nitrogens with one attached hydrogen (secondary N) is 1. The van der Waals surface area contributed by atoms with Crippen LogP contribution in [0.15, 0.2) is 6.20 Å². The van der Waals surface area contributed by atoms with Gasteiger partial charge in [0.15, 0.2) is 0 Å². The van der Waals surface area contributed by atoms with Gasteiger partial charge in [0, 0.05) is 37.0 Å². The smallest absolute Gasteiger partial charge is 0.0619 e. The highest BCUT2D eigenvalue weighted by atomic mass is 16.5. The number of aryl methyl sites for hydroxylation is 1. The van der Waals surface area contributed by atoms with Gasteiger partial charge in [-0.1, -0.05) is 0 Å². The lowest BCUT2D eigenvalue weighted by Crippen LogP contribution is -2.38. The van der Waals surface area contributed by atoms with Crippen LogP contribution < -0.4 is 5.32 Å². The monoisotopic (exact) mass is 223 g/mol. The Morgan fingerprint density at radius 2 is 2.44 bits per heavy atom. The van der Waals surface area contributed by atoms with Crippen LogP contribution in [0.25, 0.3) is 0 Å². The third-order valence-electron chi connectivity index (χ3n) is 3.39. The van der Waals surface area contributed by atoms with Crippen molar-refractivity contribution < 1.29 is 4.74 Å². The van der Waals surface area contributed by atoms with Gasteiger partial charge in [-0.25, -0.2) is 0 Å². The van der Waals surface area contributed by atoms with Crippen LogP contribution in [0.2, 0.25) is 0 Å². The van der Waals surface area contributed by atoms with Crippen LogP contribution in [0.4, 0.5) is 0 Å². The number of hydrogen-bond acceptors (Lipinski definition) is 3. The Morgan fingerprint density at radius 3 is 3.00 bits per heavy atom. The zero-order chi connectivity index (χ0) is 11.5. The molecule has 2 rings (SSSR count). The van der Waals surface area contributed by atoms with Crippen molar-refractivity contribution in [3.63, 3.8) is 0 Å².